The minimum absolute atomic E-state index is 0.448. The zero-order valence-electron chi connectivity index (χ0n) is 16.1. The molecule has 0 aliphatic carbocycles. The molecule has 2 aromatic heterocycles. The van der Waals surface area contributed by atoms with Crippen molar-refractivity contribution in [3.05, 3.63) is 95.9 Å². The molecule has 4 nitrogen and oxygen atoms in total. The van der Waals surface area contributed by atoms with Crippen LogP contribution in [-0.4, -0.2) is 16.6 Å². The maximum atomic E-state index is 6.03. The third kappa shape index (κ3) is 4.06. The van der Waals surface area contributed by atoms with Crippen LogP contribution in [0.4, 0.5) is 0 Å². The van der Waals surface area contributed by atoms with Gasteiger partial charge >= 0.3 is 0 Å². The Balaban J connectivity index is 1.27. The van der Waals surface area contributed by atoms with Crippen LogP contribution in [0.5, 0.6) is 11.5 Å². The van der Waals surface area contributed by atoms with Gasteiger partial charge in [0.15, 0.2) is 0 Å². The molecule has 0 N–H and O–H groups in total. The molecule has 1 aliphatic heterocycles. The largest absolute Gasteiger partial charge is 0.493 e. The summed E-state index contributed by atoms with van der Waals surface area (Å²) in [7, 11) is 0. The van der Waals surface area contributed by atoms with Crippen molar-refractivity contribution in [2.75, 3.05) is 6.61 Å². The summed E-state index contributed by atoms with van der Waals surface area (Å²) in [6.45, 7) is 1.19. The third-order valence-corrected chi connectivity index (χ3v) is 5.31. The first kappa shape index (κ1) is 17.7. The highest BCUT2D eigenvalue weighted by atomic mass is 16.5. The van der Waals surface area contributed by atoms with Crippen LogP contribution in [0.2, 0.25) is 0 Å². The summed E-state index contributed by atoms with van der Waals surface area (Å²) in [5, 5.41) is 1.14. The summed E-state index contributed by atoms with van der Waals surface area (Å²) < 4.78 is 12.0. The van der Waals surface area contributed by atoms with E-state index in [0.29, 0.717) is 12.5 Å². The Morgan fingerprint density at radius 3 is 2.90 bits per heavy atom. The van der Waals surface area contributed by atoms with Crippen molar-refractivity contribution in [1.82, 2.24) is 9.97 Å². The number of nitrogens with zero attached hydrogens (tertiary/aromatic N) is 2. The number of hydrogen-bond acceptors (Lipinski definition) is 4. The van der Waals surface area contributed by atoms with E-state index in [4.69, 9.17) is 9.47 Å². The molecule has 0 amide bonds. The first-order chi connectivity index (χ1) is 14.3. The second kappa shape index (κ2) is 7.92. The van der Waals surface area contributed by atoms with Gasteiger partial charge in [0.25, 0.3) is 0 Å². The quantitative estimate of drug-likeness (QED) is 0.487. The third-order valence-electron chi connectivity index (χ3n) is 5.31. The molecule has 3 heterocycles. The van der Waals surface area contributed by atoms with Crippen LogP contribution in [0.15, 0.2) is 79.1 Å². The lowest BCUT2D eigenvalue weighted by atomic mass is 9.91. The second-order valence-corrected chi connectivity index (χ2v) is 7.50. The van der Waals surface area contributed by atoms with E-state index in [2.05, 4.69) is 34.2 Å². The number of aromatic nitrogens is 2. The molecule has 2 aromatic carbocycles. The number of ether oxygens (including phenoxy) is 2. The smallest absolute Gasteiger partial charge is 0.130 e. The molecule has 1 aliphatic rings. The second-order valence-electron chi connectivity index (χ2n) is 7.50. The topological polar surface area (TPSA) is 44.2 Å². The van der Waals surface area contributed by atoms with Crippen LogP contribution < -0.4 is 9.47 Å². The van der Waals surface area contributed by atoms with Crippen molar-refractivity contribution in [3.63, 3.8) is 0 Å². The summed E-state index contributed by atoms with van der Waals surface area (Å²) in [4.78, 5) is 8.89. The fraction of sp³-hybridized carbons (Fsp3) is 0.200. The van der Waals surface area contributed by atoms with Crippen LogP contribution in [0, 0.1) is 5.92 Å². The SMILES string of the molecule is c1cncc(C[C@H]2COc3ccc(OCc4ccc5ccccc5n4)cc3C2)c1. The molecule has 0 saturated heterocycles. The Morgan fingerprint density at radius 2 is 1.97 bits per heavy atom. The minimum Gasteiger partial charge on any atom is -0.493 e. The Hall–Kier alpha value is -3.40. The van der Waals surface area contributed by atoms with E-state index < -0.39 is 0 Å². The zero-order chi connectivity index (χ0) is 19.5. The van der Waals surface area contributed by atoms with E-state index in [-0.39, 0.29) is 0 Å². The van der Waals surface area contributed by atoms with E-state index in [1.165, 1.54) is 11.1 Å². The van der Waals surface area contributed by atoms with Gasteiger partial charge in [-0.2, -0.15) is 0 Å². The maximum absolute atomic E-state index is 6.03. The van der Waals surface area contributed by atoms with E-state index >= 15 is 0 Å². The molecule has 4 aromatic rings. The summed E-state index contributed by atoms with van der Waals surface area (Å²) in [5.41, 5.74) is 4.37. The number of fused-ring (bicyclic) bond motifs is 2. The molecule has 0 saturated carbocycles. The lowest BCUT2D eigenvalue weighted by Gasteiger charge is -2.25. The fourth-order valence-electron chi connectivity index (χ4n) is 3.85. The molecule has 4 heteroatoms. The van der Waals surface area contributed by atoms with Crippen LogP contribution >= 0.6 is 0 Å². The Morgan fingerprint density at radius 1 is 1.00 bits per heavy atom. The molecule has 0 fully saturated rings. The van der Waals surface area contributed by atoms with Gasteiger partial charge in [0, 0.05) is 23.7 Å². The van der Waals surface area contributed by atoms with E-state index in [9.17, 15) is 0 Å². The summed E-state index contributed by atoms with van der Waals surface area (Å²) >= 11 is 0. The number of benzene rings is 2. The van der Waals surface area contributed by atoms with Crippen molar-refractivity contribution < 1.29 is 9.47 Å². The van der Waals surface area contributed by atoms with Gasteiger partial charge in [-0.05, 0) is 60.4 Å². The highest BCUT2D eigenvalue weighted by Crippen LogP contribution is 2.32. The summed E-state index contributed by atoms with van der Waals surface area (Å²) in [5.74, 6) is 2.26. The molecule has 0 bridgehead atoms. The zero-order valence-corrected chi connectivity index (χ0v) is 16.1. The van der Waals surface area contributed by atoms with Crippen molar-refractivity contribution in [2.24, 2.45) is 5.92 Å². The number of pyridine rings is 2. The lowest BCUT2D eigenvalue weighted by Crippen LogP contribution is -2.22. The lowest BCUT2D eigenvalue weighted by molar-refractivity contribution is 0.220. The number of hydrogen-bond donors (Lipinski definition) is 0. The summed E-state index contributed by atoms with van der Waals surface area (Å²) in [6.07, 6.45) is 5.70. The molecule has 5 rings (SSSR count). The first-order valence-electron chi connectivity index (χ1n) is 9.95. The van der Waals surface area contributed by atoms with Gasteiger partial charge in [0.05, 0.1) is 17.8 Å². The molecular formula is C25H22N2O2. The van der Waals surface area contributed by atoms with Crippen LogP contribution in [0.1, 0.15) is 16.8 Å². The Labute approximate surface area is 170 Å². The van der Waals surface area contributed by atoms with Gasteiger partial charge in [0.1, 0.15) is 18.1 Å². The van der Waals surface area contributed by atoms with E-state index in [1.54, 1.807) is 0 Å². The Kier molecular flexibility index (Phi) is 4.83. The highest BCUT2D eigenvalue weighted by Gasteiger charge is 2.21. The first-order valence-corrected chi connectivity index (χ1v) is 9.95. The average molecular weight is 382 g/mol. The molecule has 0 unspecified atom stereocenters. The predicted molar refractivity (Wildman–Crippen MR) is 113 cm³/mol. The number of para-hydroxylation sites is 1. The average Bonchev–Trinajstić information content (AvgIpc) is 2.78. The molecular weight excluding hydrogens is 360 g/mol. The molecule has 1 atom stereocenters. The monoisotopic (exact) mass is 382 g/mol. The van der Waals surface area contributed by atoms with Gasteiger partial charge in [-0.15, -0.1) is 0 Å². The normalized spacial score (nSPS) is 15.5. The summed E-state index contributed by atoms with van der Waals surface area (Å²) in [6, 6.07) is 22.4. The van der Waals surface area contributed by atoms with Gasteiger partial charge in [-0.25, -0.2) is 4.98 Å². The highest BCUT2D eigenvalue weighted by molar-refractivity contribution is 5.78. The van der Waals surface area contributed by atoms with Crippen LogP contribution in [0.3, 0.4) is 0 Å². The predicted octanol–water partition coefficient (Wildman–Crippen LogP) is 5.00. The minimum atomic E-state index is 0.448. The Bertz CT molecular complexity index is 1130. The standard InChI is InChI=1S/C25H22N2O2/c1-2-6-24-20(5-1)7-8-22(27-24)17-28-23-9-10-25-21(14-23)13-19(16-29-25)12-18-4-3-11-26-15-18/h1-11,14-15,19H,12-13,16-17H2/t19-/m1/s1. The van der Waals surface area contributed by atoms with Crippen molar-refractivity contribution >= 4 is 10.9 Å². The van der Waals surface area contributed by atoms with Crippen molar-refractivity contribution in [2.45, 2.75) is 19.4 Å². The molecule has 0 radical (unpaired) electrons. The molecule has 29 heavy (non-hydrogen) atoms. The van der Waals surface area contributed by atoms with E-state index in [0.717, 1.165) is 47.5 Å². The van der Waals surface area contributed by atoms with Crippen molar-refractivity contribution in [1.29, 1.82) is 0 Å². The van der Waals surface area contributed by atoms with Gasteiger partial charge in [-0.1, -0.05) is 30.3 Å². The maximum Gasteiger partial charge on any atom is 0.130 e. The molecule has 0 spiro atoms. The van der Waals surface area contributed by atoms with Crippen LogP contribution in [-0.2, 0) is 19.4 Å². The van der Waals surface area contributed by atoms with Gasteiger partial charge in [-0.3, -0.25) is 4.98 Å². The van der Waals surface area contributed by atoms with Crippen molar-refractivity contribution in [3.8, 4) is 11.5 Å². The number of rotatable bonds is 5. The van der Waals surface area contributed by atoms with E-state index in [1.807, 2.05) is 54.9 Å². The fourth-order valence-corrected chi connectivity index (χ4v) is 3.85. The van der Waals surface area contributed by atoms with Crippen LogP contribution in [0.25, 0.3) is 10.9 Å². The van der Waals surface area contributed by atoms with Gasteiger partial charge < -0.3 is 9.47 Å². The van der Waals surface area contributed by atoms with Gasteiger partial charge in [0.2, 0.25) is 0 Å². The molecule has 144 valence electrons.